The Hall–Kier alpha value is -2.84. The van der Waals surface area contributed by atoms with Gasteiger partial charge in [0.1, 0.15) is 0 Å². The molecule has 0 aromatic heterocycles. The number of rotatable bonds is 4. The highest BCUT2D eigenvalue weighted by atomic mass is 35.5. The lowest BCUT2D eigenvalue weighted by Gasteiger charge is -2.08. The average molecular weight is 315 g/mol. The van der Waals surface area contributed by atoms with Gasteiger partial charge in [0.15, 0.2) is 12.3 Å². The molecule has 0 unspecified atom stereocenters. The second kappa shape index (κ2) is 7.25. The van der Waals surface area contributed by atoms with Gasteiger partial charge < -0.3 is 10.1 Å². The molecule has 6 heteroatoms. The molecule has 110 valence electrons. The molecule has 0 aliphatic carbocycles. The predicted octanol–water partition coefficient (Wildman–Crippen LogP) is 3.69. The molecular formula is C16H11ClN2O3. The van der Waals surface area contributed by atoms with Crippen molar-refractivity contribution >= 4 is 34.9 Å². The lowest BCUT2D eigenvalue weighted by molar-refractivity contribution is -0.119. The Morgan fingerprint density at radius 2 is 1.82 bits per heavy atom. The molecule has 2 aromatic rings. The Morgan fingerprint density at radius 1 is 1.14 bits per heavy atom. The molecule has 2 rings (SSSR count). The van der Waals surface area contributed by atoms with E-state index >= 15 is 0 Å². The number of esters is 1. The van der Waals surface area contributed by atoms with Gasteiger partial charge in [0.05, 0.1) is 22.8 Å². The normalized spacial score (nSPS) is 9.64. The maximum Gasteiger partial charge on any atom is 0.338 e. The SMILES string of the molecule is [C-]#[N+]c1ccc(C(=O)OCC(=O)Nc2ccccc2Cl)cc1. The maximum absolute atomic E-state index is 11.8. The van der Waals surface area contributed by atoms with Gasteiger partial charge in [-0.3, -0.25) is 4.79 Å². The topological polar surface area (TPSA) is 59.8 Å². The summed E-state index contributed by atoms with van der Waals surface area (Å²) in [6.07, 6.45) is 0. The summed E-state index contributed by atoms with van der Waals surface area (Å²) in [6.45, 7) is 6.41. The van der Waals surface area contributed by atoms with E-state index in [0.29, 0.717) is 16.4 Å². The third-order valence-electron chi connectivity index (χ3n) is 2.71. The number of nitrogens with zero attached hydrogens (tertiary/aromatic N) is 1. The zero-order valence-corrected chi connectivity index (χ0v) is 12.1. The second-order valence-corrected chi connectivity index (χ2v) is 4.67. The van der Waals surface area contributed by atoms with Gasteiger partial charge in [0.2, 0.25) is 0 Å². The molecule has 5 nitrogen and oxygen atoms in total. The quantitative estimate of drug-likeness (QED) is 0.691. The van der Waals surface area contributed by atoms with E-state index < -0.39 is 18.5 Å². The summed E-state index contributed by atoms with van der Waals surface area (Å²) in [6, 6.07) is 12.7. The number of benzene rings is 2. The zero-order valence-electron chi connectivity index (χ0n) is 11.4. The number of hydrogen-bond donors (Lipinski definition) is 1. The second-order valence-electron chi connectivity index (χ2n) is 4.26. The molecule has 0 bridgehead atoms. The molecule has 2 aromatic carbocycles. The van der Waals surface area contributed by atoms with Crippen molar-refractivity contribution in [3.05, 3.63) is 70.5 Å². The van der Waals surface area contributed by atoms with Crippen LogP contribution in [0.3, 0.4) is 0 Å². The highest BCUT2D eigenvalue weighted by molar-refractivity contribution is 6.33. The van der Waals surface area contributed by atoms with Gasteiger partial charge in [0, 0.05) is 0 Å². The van der Waals surface area contributed by atoms with Crippen LogP contribution in [-0.4, -0.2) is 18.5 Å². The fourth-order valence-electron chi connectivity index (χ4n) is 1.64. The van der Waals surface area contributed by atoms with E-state index in [9.17, 15) is 9.59 Å². The average Bonchev–Trinajstić information content (AvgIpc) is 2.55. The first kappa shape index (κ1) is 15.5. The van der Waals surface area contributed by atoms with E-state index in [2.05, 4.69) is 10.2 Å². The Kier molecular flexibility index (Phi) is 5.12. The number of para-hydroxylation sites is 1. The van der Waals surface area contributed by atoms with E-state index in [4.69, 9.17) is 22.9 Å². The van der Waals surface area contributed by atoms with Gasteiger partial charge in [-0.2, -0.15) is 0 Å². The third-order valence-corrected chi connectivity index (χ3v) is 3.04. The summed E-state index contributed by atoms with van der Waals surface area (Å²) in [5.74, 6) is -1.12. The molecular weight excluding hydrogens is 304 g/mol. The number of anilines is 1. The molecule has 22 heavy (non-hydrogen) atoms. The molecule has 0 atom stereocenters. The van der Waals surface area contributed by atoms with Crippen LogP contribution in [0.1, 0.15) is 10.4 Å². The van der Waals surface area contributed by atoms with Crippen LogP contribution in [0.5, 0.6) is 0 Å². The third kappa shape index (κ3) is 4.08. The lowest BCUT2D eigenvalue weighted by atomic mass is 10.2. The number of nitrogens with one attached hydrogen (secondary N) is 1. The van der Waals surface area contributed by atoms with Crippen molar-refractivity contribution in [1.82, 2.24) is 0 Å². The van der Waals surface area contributed by atoms with E-state index in [0.717, 1.165) is 0 Å². The van der Waals surface area contributed by atoms with Crippen molar-refractivity contribution < 1.29 is 14.3 Å². The molecule has 0 spiro atoms. The van der Waals surface area contributed by atoms with Gasteiger partial charge in [-0.15, -0.1) is 0 Å². The highest BCUT2D eigenvalue weighted by Crippen LogP contribution is 2.20. The van der Waals surface area contributed by atoms with E-state index in [-0.39, 0.29) is 5.56 Å². The number of ether oxygens (including phenoxy) is 1. The molecule has 0 fully saturated rings. The van der Waals surface area contributed by atoms with Crippen LogP contribution in [0.25, 0.3) is 4.85 Å². The van der Waals surface area contributed by atoms with Gasteiger partial charge >= 0.3 is 5.97 Å². The van der Waals surface area contributed by atoms with Crippen LogP contribution in [0.2, 0.25) is 5.02 Å². The first-order chi connectivity index (χ1) is 10.6. The fourth-order valence-corrected chi connectivity index (χ4v) is 1.82. The number of amides is 1. The summed E-state index contributed by atoms with van der Waals surface area (Å²) in [5, 5.41) is 2.95. The number of carbonyl (C=O) groups is 2. The molecule has 1 amide bonds. The van der Waals surface area contributed by atoms with Crippen LogP contribution in [0.4, 0.5) is 11.4 Å². The van der Waals surface area contributed by atoms with E-state index in [1.165, 1.54) is 24.3 Å². The first-order valence-electron chi connectivity index (χ1n) is 6.29. The summed E-state index contributed by atoms with van der Waals surface area (Å²) in [5.41, 5.74) is 1.15. The van der Waals surface area contributed by atoms with E-state index in [1.807, 2.05) is 0 Å². The molecule has 0 saturated heterocycles. The summed E-state index contributed by atoms with van der Waals surface area (Å²) in [4.78, 5) is 26.7. The number of carbonyl (C=O) groups excluding carboxylic acids is 2. The first-order valence-corrected chi connectivity index (χ1v) is 6.67. The van der Waals surface area contributed by atoms with Crippen LogP contribution < -0.4 is 5.32 Å². The number of hydrogen-bond acceptors (Lipinski definition) is 3. The van der Waals surface area contributed by atoms with Crippen molar-refractivity contribution in [2.75, 3.05) is 11.9 Å². The summed E-state index contributed by atoms with van der Waals surface area (Å²) >= 11 is 5.91. The highest BCUT2D eigenvalue weighted by Gasteiger charge is 2.11. The fraction of sp³-hybridized carbons (Fsp3) is 0.0625. The Labute approximate surface area is 132 Å². The standard InChI is InChI=1S/C16H11ClN2O3/c1-18-12-8-6-11(7-9-12)16(21)22-10-15(20)19-14-5-3-2-4-13(14)17/h2-9H,10H2,(H,19,20). The van der Waals surface area contributed by atoms with Crippen LogP contribution in [0.15, 0.2) is 48.5 Å². The lowest BCUT2D eigenvalue weighted by Crippen LogP contribution is -2.21. The van der Waals surface area contributed by atoms with Gasteiger partial charge in [-0.25, -0.2) is 9.64 Å². The monoisotopic (exact) mass is 314 g/mol. The minimum absolute atomic E-state index is 0.276. The van der Waals surface area contributed by atoms with Crippen LogP contribution >= 0.6 is 11.6 Å². The van der Waals surface area contributed by atoms with Gasteiger partial charge in [-0.1, -0.05) is 48.0 Å². The van der Waals surface area contributed by atoms with Gasteiger partial charge in [-0.05, 0) is 12.1 Å². The summed E-state index contributed by atoms with van der Waals surface area (Å²) < 4.78 is 4.90. The zero-order chi connectivity index (χ0) is 15.9. The molecule has 0 radical (unpaired) electrons. The van der Waals surface area contributed by atoms with Crippen molar-refractivity contribution in [3.63, 3.8) is 0 Å². The minimum atomic E-state index is -0.633. The minimum Gasteiger partial charge on any atom is -0.452 e. The van der Waals surface area contributed by atoms with Crippen molar-refractivity contribution in [2.45, 2.75) is 0 Å². The summed E-state index contributed by atoms with van der Waals surface area (Å²) in [7, 11) is 0. The Bertz CT molecular complexity index is 736. The smallest absolute Gasteiger partial charge is 0.338 e. The Balaban J connectivity index is 1.89. The predicted molar refractivity (Wildman–Crippen MR) is 83.1 cm³/mol. The van der Waals surface area contributed by atoms with Crippen molar-refractivity contribution in [2.24, 2.45) is 0 Å². The van der Waals surface area contributed by atoms with Crippen molar-refractivity contribution in [3.8, 4) is 0 Å². The molecule has 0 aliphatic heterocycles. The largest absolute Gasteiger partial charge is 0.452 e. The molecule has 0 heterocycles. The van der Waals surface area contributed by atoms with Crippen molar-refractivity contribution in [1.29, 1.82) is 0 Å². The van der Waals surface area contributed by atoms with E-state index in [1.54, 1.807) is 24.3 Å². The molecule has 0 saturated carbocycles. The van der Waals surface area contributed by atoms with Crippen LogP contribution in [-0.2, 0) is 9.53 Å². The molecule has 1 N–H and O–H groups in total. The molecule has 0 aliphatic rings. The Morgan fingerprint density at radius 3 is 2.45 bits per heavy atom. The van der Waals surface area contributed by atoms with Crippen LogP contribution in [0, 0.1) is 6.57 Å². The van der Waals surface area contributed by atoms with Gasteiger partial charge in [0.25, 0.3) is 5.91 Å². The maximum atomic E-state index is 11.8. The number of halogens is 1.